The van der Waals surface area contributed by atoms with E-state index in [1.165, 1.54) is 0 Å². The number of aldehydes is 1. The lowest BCUT2D eigenvalue weighted by Gasteiger charge is -2.36. The lowest BCUT2D eigenvalue weighted by Crippen LogP contribution is -2.29. The summed E-state index contributed by atoms with van der Waals surface area (Å²) in [5, 5.41) is 0. The number of alkyl halides is 1. The molecule has 1 aliphatic heterocycles. The summed E-state index contributed by atoms with van der Waals surface area (Å²) < 4.78 is 11.6. The number of hydrogen-bond donors (Lipinski definition) is 0. The molecule has 0 fully saturated rings. The number of carbonyl (C=O) groups is 2. The van der Waals surface area contributed by atoms with Crippen molar-refractivity contribution < 1.29 is 19.1 Å². The van der Waals surface area contributed by atoms with Crippen molar-refractivity contribution in [3.05, 3.63) is 47.0 Å². The molecule has 1 aliphatic rings. The van der Waals surface area contributed by atoms with Crippen LogP contribution in [0.25, 0.3) is 11.1 Å². The van der Waals surface area contributed by atoms with Crippen molar-refractivity contribution in [3.63, 3.8) is 0 Å². The normalized spacial score (nSPS) is 13.9. The molecule has 0 aromatic heterocycles. The van der Waals surface area contributed by atoms with Gasteiger partial charge in [-0.3, -0.25) is 4.79 Å². The third kappa shape index (κ3) is 4.01. The average molecular weight is 387 g/mol. The summed E-state index contributed by atoms with van der Waals surface area (Å²) in [7, 11) is 0. The van der Waals surface area contributed by atoms with E-state index >= 15 is 0 Å². The highest BCUT2D eigenvalue weighted by Crippen LogP contribution is 2.50. The Hall–Kier alpha value is -2.33. The molecule has 4 nitrogen and oxygen atoms in total. The molecule has 0 N–H and O–H groups in total. The van der Waals surface area contributed by atoms with E-state index in [0.29, 0.717) is 22.9 Å². The van der Waals surface area contributed by atoms with Crippen molar-refractivity contribution in [2.75, 3.05) is 5.88 Å². The summed E-state index contributed by atoms with van der Waals surface area (Å²) in [6.45, 7) is 6.04. The number of hydrogen-bond acceptors (Lipinski definition) is 4. The SMILES string of the molecule is Cc1ccc2c(c1)-c1c(OC(=O)C=O)cc(CCCCCl)cc1OC2(C)C. The Morgan fingerprint density at radius 3 is 2.70 bits per heavy atom. The van der Waals surface area contributed by atoms with Gasteiger partial charge in [-0.1, -0.05) is 23.8 Å². The van der Waals surface area contributed by atoms with Gasteiger partial charge in [-0.15, -0.1) is 11.6 Å². The Bertz CT molecular complexity index is 886. The topological polar surface area (TPSA) is 52.6 Å². The highest BCUT2D eigenvalue weighted by molar-refractivity contribution is 6.21. The lowest BCUT2D eigenvalue weighted by molar-refractivity contribution is -0.141. The van der Waals surface area contributed by atoms with Crippen LogP contribution in [0.3, 0.4) is 0 Å². The number of carbonyl (C=O) groups excluding carboxylic acids is 2. The Balaban J connectivity index is 2.17. The highest BCUT2D eigenvalue weighted by atomic mass is 35.5. The fourth-order valence-electron chi connectivity index (χ4n) is 3.49. The summed E-state index contributed by atoms with van der Waals surface area (Å²) in [6.07, 6.45) is 2.78. The molecule has 0 atom stereocenters. The van der Waals surface area contributed by atoms with Crippen molar-refractivity contribution in [3.8, 4) is 22.6 Å². The second-order valence-electron chi connectivity index (χ2n) is 7.31. The Kier molecular flexibility index (Phi) is 5.56. The number of benzene rings is 2. The first-order valence-corrected chi connectivity index (χ1v) is 9.59. The minimum absolute atomic E-state index is 0.178. The van der Waals surface area contributed by atoms with Crippen molar-refractivity contribution in [1.29, 1.82) is 0 Å². The first-order valence-electron chi connectivity index (χ1n) is 9.06. The molecule has 0 saturated heterocycles. The lowest BCUT2D eigenvalue weighted by atomic mass is 9.84. The Labute approximate surface area is 164 Å². The van der Waals surface area contributed by atoms with Crippen molar-refractivity contribution >= 4 is 23.9 Å². The molecule has 1 heterocycles. The molecule has 0 unspecified atom stereocenters. The summed E-state index contributed by atoms with van der Waals surface area (Å²) in [4.78, 5) is 22.6. The van der Waals surface area contributed by atoms with Crippen LogP contribution in [0.15, 0.2) is 30.3 Å². The maximum Gasteiger partial charge on any atom is 0.376 e. The van der Waals surface area contributed by atoms with E-state index in [1.807, 2.05) is 45.0 Å². The average Bonchev–Trinajstić information content (AvgIpc) is 2.60. The molecule has 2 aromatic rings. The van der Waals surface area contributed by atoms with Gasteiger partial charge in [0.25, 0.3) is 0 Å². The van der Waals surface area contributed by atoms with Crippen LogP contribution in [0.2, 0.25) is 0 Å². The first kappa shape index (κ1) is 19.4. The van der Waals surface area contributed by atoms with Crippen LogP contribution in [0.5, 0.6) is 11.5 Å². The maximum absolute atomic E-state index is 11.7. The van der Waals surface area contributed by atoms with Gasteiger partial charge < -0.3 is 9.47 Å². The summed E-state index contributed by atoms with van der Waals surface area (Å²) in [5.74, 6) is 0.700. The van der Waals surface area contributed by atoms with Crippen molar-refractivity contribution in [1.82, 2.24) is 0 Å². The van der Waals surface area contributed by atoms with Gasteiger partial charge in [0.15, 0.2) is 0 Å². The van der Waals surface area contributed by atoms with E-state index < -0.39 is 11.6 Å². The van der Waals surface area contributed by atoms with Crippen LogP contribution in [0.1, 0.15) is 43.4 Å². The third-order valence-corrected chi connectivity index (χ3v) is 5.01. The molecule has 0 bridgehead atoms. The van der Waals surface area contributed by atoms with Crippen LogP contribution >= 0.6 is 11.6 Å². The molecule has 0 radical (unpaired) electrons. The van der Waals surface area contributed by atoms with E-state index in [1.54, 1.807) is 0 Å². The van der Waals surface area contributed by atoms with E-state index in [9.17, 15) is 9.59 Å². The van der Waals surface area contributed by atoms with Gasteiger partial charge in [0.05, 0.1) is 5.56 Å². The molecule has 0 amide bonds. The largest absolute Gasteiger partial charge is 0.482 e. The molecule has 0 spiro atoms. The number of ether oxygens (including phenoxy) is 2. The highest BCUT2D eigenvalue weighted by Gasteiger charge is 2.35. The Morgan fingerprint density at radius 1 is 1.22 bits per heavy atom. The van der Waals surface area contributed by atoms with E-state index in [2.05, 4.69) is 6.07 Å². The number of halogens is 1. The van der Waals surface area contributed by atoms with E-state index in [0.717, 1.165) is 41.5 Å². The second kappa shape index (κ2) is 7.73. The fourth-order valence-corrected chi connectivity index (χ4v) is 3.68. The van der Waals surface area contributed by atoms with Gasteiger partial charge in [-0.05, 0) is 63.3 Å². The molecular weight excluding hydrogens is 364 g/mol. The molecule has 27 heavy (non-hydrogen) atoms. The molecule has 0 aliphatic carbocycles. The molecule has 5 heteroatoms. The van der Waals surface area contributed by atoms with E-state index in [4.69, 9.17) is 21.1 Å². The minimum atomic E-state index is -0.922. The summed E-state index contributed by atoms with van der Waals surface area (Å²) in [5.41, 5.74) is 4.25. The van der Waals surface area contributed by atoms with Crippen molar-refractivity contribution in [2.24, 2.45) is 0 Å². The van der Waals surface area contributed by atoms with Crippen LogP contribution in [0, 0.1) is 6.92 Å². The number of fused-ring (bicyclic) bond motifs is 3. The zero-order valence-electron chi connectivity index (χ0n) is 15.8. The predicted molar refractivity (Wildman–Crippen MR) is 106 cm³/mol. The molecule has 0 saturated carbocycles. The van der Waals surface area contributed by atoms with Gasteiger partial charge in [0.1, 0.15) is 17.1 Å². The first-order chi connectivity index (χ1) is 12.9. The third-order valence-electron chi connectivity index (χ3n) is 4.74. The molecule has 2 aromatic carbocycles. The summed E-state index contributed by atoms with van der Waals surface area (Å²) in [6, 6.07) is 9.95. The van der Waals surface area contributed by atoms with Gasteiger partial charge in [-0.2, -0.15) is 0 Å². The number of rotatable bonds is 6. The summed E-state index contributed by atoms with van der Waals surface area (Å²) >= 11 is 5.78. The minimum Gasteiger partial charge on any atom is -0.482 e. The molecule has 142 valence electrons. The molecular formula is C22H23ClO4. The van der Waals surface area contributed by atoms with Gasteiger partial charge in [0.2, 0.25) is 6.29 Å². The Morgan fingerprint density at radius 2 is 2.00 bits per heavy atom. The number of esters is 1. The van der Waals surface area contributed by atoms with Crippen LogP contribution in [0.4, 0.5) is 0 Å². The number of unbranched alkanes of at least 4 members (excludes halogenated alkanes) is 1. The monoisotopic (exact) mass is 386 g/mol. The predicted octanol–water partition coefficient (Wildman–Crippen LogP) is 4.96. The second-order valence-corrected chi connectivity index (χ2v) is 7.69. The van der Waals surface area contributed by atoms with Gasteiger partial charge in [-0.25, -0.2) is 4.79 Å². The quantitative estimate of drug-likeness (QED) is 0.176. The smallest absolute Gasteiger partial charge is 0.376 e. The molecule has 3 rings (SSSR count). The van der Waals surface area contributed by atoms with Crippen molar-refractivity contribution in [2.45, 2.75) is 45.6 Å². The zero-order chi connectivity index (χ0) is 19.6. The fraction of sp³-hybridized carbons (Fsp3) is 0.364. The maximum atomic E-state index is 11.7. The van der Waals surface area contributed by atoms with Crippen LogP contribution in [-0.4, -0.2) is 18.1 Å². The van der Waals surface area contributed by atoms with E-state index in [-0.39, 0.29) is 6.29 Å². The standard InChI is InChI=1S/C22H23ClO4/c1-14-7-8-17-16(10-14)21-18(26-20(25)13-24)11-15(6-4-5-9-23)12-19(21)27-22(17,2)3/h7-8,10-13H,4-6,9H2,1-3H3. The van der Waals surface area contributed by atoms with Crippen LogP contribution < -0.4 is 9.47 Å². The van der Waals surface area contributed by atoms with Crippen LogP contribution in [-0.2, 0) is 21.6 Å². The van der Waals surface area contributed by atoms with Gasteiger partial charge >= 0.3 is 5.97 Å². The number of aryl methyl sites for hydroxylation is 2. The van der Waals surface area contributed by atoms with Gasteiger partial charge in [0, 0.05) is 11.4 Å². The zero-order valence-corrected chi connectivity index (χ0v) is 16.6.